The number of hydrogen-bond acceptors (Lipinski definition) is 7. The molecule has 7 aromatic rings. The lowest BCUT2D eigenvalue weighted by molar-refractivity contribution is 0.750. The van der Waals surface area contributed by atoms with Crippen LogP contribution in [-0.4, -0.2) is 49.0 Å². The van der Waals surface area contributed by atoms with Gasteiger partial charge in [0.25, 0.3) is 11.1 Å². The summed E-state index contributed by atoms with van der Waals surface area (Å²) in [4.78, 5) is 43.9. The fraction of sp³-hybridized carbons (Fsp3) is 0.286. The van der Waals surface area contributed by atoms with Gasteiger partial charge in [0, 0.05) is 49.5 Å². The molecule has 246 valence electrons. The molecule has 13 heteroatoms. The van der Waals surface area contributed by atoms with Crippen molar-refractivity contribution in [1.82, 2.24) is 49.0 Å². The number of imidazole rings is 1. The molecule has 5 heterocycles. The smallest absolute Gasteiger partial charge is 0.277 e. The van der Waals surface area contributed by atoms with Crippen molar-refractivity contribution in [3.63, 3.8) is 0 Å². The van der Waals surface area contributed by atoms with Crippen molar-refractivity contribution in [3.8, 4) is 5.69 Å². The van der Waals surface area contributed by atoms with Gasteiger partial charge in [0.2, 0.25) is 0 Å². The number of halogens is 1. The molecule has 12 nitrogen and oxygen atoms in total. The Labute approximate surface area is 285 Å². The zero-order chi connectivity index (χ0) is 33.8. The predicted molar refractivity (Wildman–Crippen MR) is 190 cm³/mol. The van der Waals surface area contributed by atoms with Gasteiger partial charge in [-0.2, -0.15) is 10.2 Å². The fourth-order valence-electron chi connectivity index (χ4n) is 5.75. The third kappa shape index (κ3) is 7.05. The normalized spacial score (nSPS) is 11.3. The summed E-state index contributed by atoms with van der Waals surface area (Å²) in [6.07, 6.45) is 10.2. The molecule has 0 aliphatic carbocycles. The number of fused-ring (bicyclic) bond motifs is 2. The standard InChI is InChI=1S/C19H20N6O.C16H17BrN4O/c1-3-4-15-17-18(24(2)23-15)19(26)22-16(21-17)11-13-5-7-14(8-6-13)25-10-9-20-12-25;1-3-4-12-14-15(21(2)20-12)16(22)19-13(18-14)9-10-5-7-11(17)8-6-10/h5-10,12H,3-4,11H2,1-2H3,(H,21,22,26);5-8H,3-4,9H2,1-2H3,(H,18,19,22). The summed E-state index contributed by atoms with van der Waals surface area (Å²) in [7, 11) is 3.57. The first-order valence-corrected chi connectivity index (χ1v) is 16.7. The molecular formula is C35H37BrN10O2. The average Bonchev–Trinajstić information content (AvgIpc) is 3.78. The number of nitrogens with one attached hydrogen (secondary N) is 2. The van der Waals surface area contributed by atoms with Crippen LogP contribution in [0.3, 0.4) is 0 Å². The van der Waals surface area contributed by atoms with E-state index in [4.69, 9.17) is 0 Å². The second-order valence-electron chi connectivity index (χ2n) is 11.7. The molecule has 0 unspecified atom stereocenters. The number of nitrogens with zero attached hydrogens (tertiary/aromatic N) is 8. The van der Waals surface area contributed by atoms with Crippen molar-refractivity contribution in [1.29, 1.82) is 0 Å². The lowest BCUT2D eigenvalue weighted by atomic mass is 10.1. The van der Waals surface area contributed by atoms with Gasteiger partial charge in [-0.25, -0.2) is 15.0 Å². The maximum absolute atomic E-state index is 12.5. The Bertz CT molecular complexity index is 2280. The van der Waals surface area contributed by atoms with Crippen molar-refractivity contribution in [2.45, 2.75) is 52.4 Å². The first-order chi connectivity index (χ1) is 23.2. The third-order valence-electron chi connectivity index (χ3n) is 7.99. The molecule has 5 aromatic heterocycles. The van der Waals surface area contributed by atoms with Crippen LogP contribution in [-0.2, 0) is 39.8 Å². The van der Waals surface area contributed by atoms with Crippen LogP contribution in [0.1, 0.15) is 60.9 Å². The predicted octanol–water partition coefficient (Wildman–Crippen LogP) is 5.35. The highest BCUT2D eigenvalue weighted by Gasteiger charge is 2.16. The zero-order valence-electron chi connectivity index (χ0n) is 27.4. The highest BCUT2D eigenvalue weighted by atomic mass is 79.9. The van der Waals surface area contributed by atoms with E-state index in [1.165, 1.54) is 0 Å². The molecule has 2 N–H and O–H groups in total. The number of hydrogen-bond donors (Lipinski definition) is 2. The summed E-state index contributed by atoms with van der Waals surface area (Å²) >= 11 is 3.42. The zero-order valence-corrected chi connectivity index (χ0v) is 29.0. The maximum Gasteiger partial charge on any atom is 0.277 e. The number of benzene rings is 2. The van der Waals surface area contributed by atoms with Crippen LogP contribution < -0.4 is 11.1 Å². The molecule has 0 saturated carbocycles. The molecule has 0 spiro atoms. The van der Waals surface area contributed by atoms with Gasteiger partial charge in [0.15, 0.2) is 11.0 Å². The van der Waals surface area contributed by atoms with Crippen molar-refractivity contribution in [3.05, 3.63) is 127 Å². The van der Waals surface area contributed by atoms with E-state index in [9.17, 15) is 9.59 Å². The molecule has 0 saturated heterocycles. The van der Waals surface area contributed by atoms with Crippen LogP contribution >= 0.6 is 15.9 Å². The number of aryl methyl sites for hydroxylation is 4. The Morgan fingerprint density at radius 1 is 0.708 bits per heavy atom. The molecular weight excluding hydrogens is 672 g/mol. The Kier molecular flexibility index (Phi) is 9.76. The van der Waals surface area contributed by atoms with Gasteiger partial charge >= 0.3 is 0 Å². The van der Waals surface area contributed by atoms with Crippen molar-refractivity contribution in [2.24, 2.45) is 14.1 Å². The van der Waals surface area contributed by atoms with Crippen LogP contribution in [0.2, 0.25) is 0 Å². The summed E-state index contributed by atoms with van der Waals surface area (Å²) in [5.74, 6) is 1.33. The summed E-state index contributed by atoms with van der Waals surface area (Å²) in [6, 6.07) is 16.1. The van der Waals surface area contributed by atoms with Crippen LogP contribution in [0.25, 0.3) is 27.8 Å². The van der Waals surface area contributed by atoms with E-state index in [0.29, 0.717) is 41.0 Å². The quantitative estimate of drug-likeness (QED) is 0.206. The van der Waals surface area contributed by atoms with E-state index in [-0.39, 0.29) is 11.1 Å². The monoisotopic (exact) mass is 708 g/mol. The highest BCUT2D eigenvalue weighted by molar-refractivity contribution is 9.10. The fourth-order valence-corrected chi connectivity index (χ4v) is 6.02. The van der Waals surface area contributed by atoms with Gasteiger partial charge < -0.3 is 14.5 Å². The Morgan fingerprint density at radius 2 is 1.19 bits per heavy atom. The maximum atomic E-state index is 12.5. The van der Waals surface area contributed by atoms with Crippen LogP contribution in [0.5, 0.6) is 0 Å². The molecule has 7 rings (SSSR count). The molecule has 0 aliphatic rings. The first kappa shape index (κ1) is 32.8. The van der Waals surface area contributed by atoms with Crippen molar-refractivity contribution < 1.29 is 0 Å². The molecule has 0 fully saturated rings. The Morgan fingerprint density at radius 3 is 1.62 bits per heavy atom. The van der Waals surface area contributed by atoms with Gasteiger partial charge in [0.1, 0.15) is 22.7 Å². The molecule has 0 amide bonds. The summed E-state index contributed by atoms with van der Waals surface area (Å²) < 4.78 is 6.22. The van der Waals surface area contributed by atoms with E-state index in [1.54, 1.807) is 36.0 Å². The van der Waals surface area contributed by atoms with Crippen molar-refractivity contribution >= 4 is 38.0 Å². The molecule has 0 atom stereocenters. The van der Waals surface area contributed by atoms with E-state index < -0.39 is 0 Å². The average molecular weight is 710 g/mol. The van der Waals surface area contributed by atoms with E-state index in [1.807, 2.05) is 59.3 Å². The van der Waals surface area contributed by atoms with Gasteiger partial charge in [-0.1, -0.05) is 66.9 Å². The largest absolute Gasteiger partial charge is 0.308 e. The van der Waals surface area contributed by atoms with E-state index in [2.05, 4.69) is 64.9 Å². The van der Waals surface area contributed by atoms with E-state index in [0.717, 1.165) is 63.9 Å². The third-order valence-corrected chi connectivity index (χ3v) is 8.52. The van der Waals surface area contributed by atoms with E-state index >= 15 is 0 Å². The first-order valence-electron chi connectivity index (χ1n) is 15.9. The highest BCUT2D eigenvalue weighted by Crippen LogP contribution is 2.18. The lowest BCUT2D eigenvalue weighted by Crippen LogP contribution is -2.14. The molecule has 0 aliphatic heterocycles. The van der Waals surface area contributed by atoms with Gasteiger partial charge in [-0.3, -0.25) is 19.0 Å². The summed E-state index contributed by atoms with van der Waals surface area (Å²) in [6.45, 7) is 4.19. The lowest BCUT2D eigenvalue weighted by Gasteiger charge is -2.05. The number of aromatic nitrogens is 10. The van der Waals surface area contributed by atoms with Gasteiger partial charge in [0.05, 0.1) is 17.7 Å². The van der Waals surface area contributed by atoms with Gasteiger partial charge in [-0.15, -0.1) is 0 Å². The summed E-state index contributed by atoms with van der Waals surface area (Å²) in [5.41, 5.74) is 7.24. The molecule has 0 bridgehead atoms. The topological polar surface area (TPSA) is 145 Å². The second kappa shape index (κ2) is 14.3. The Hall–Kier alpha value is -5.17. The molecule has 0 radical (unpaired) electrons. The number of rotatable bonds is 9. The minimum atomic E-state index is -0.141. The van der Waals surface area contributed by atoms with Crippen LogP contribution in [0.4, 0.5) is 0 Å². The minimum Gasteiger partial charge on any atom is -0.308 e. The van der Waals surface area contributed by atoms with Crippen LogP contribution in [0, 0.1) is 0 Å². The molecule has 48 heavy (non-hydrogen) atoms. The molecule has 2 aromatic carbocycles. The Balaban J connectivity index is 0.000000170. The SMILES string of the molecule is CCCc1nn(C)c2c(=O)[nH]c(Cc3ccc(-n4ccnc4)cc3)nc12.CCCc1nn(C)c2c(=O)[nH]c(Cc3ccc(Br)cc3)nc12. The number of H-pyrrole nitrogens is 2. The second-order valence-corrected chi connectivity index (χ2v) is 12.6. The summed E-state index contributed by atoms with van der Waals surface area (Å²) in [5, 5.41) is 8.88. The number of aromatic amines is 2. The van der Waals surface area contributed by atoms with Crippen LogP contribution in [0.15, 0.2) is 81.3 Å². The minimum absolute atomic E-state index is 0.130. The van der Waals surface area contributed by atoms with Crippen molar-refractivity contribution in [2.75, 3.05) is 0 Å². The van der Waals surface area contributed by atoms with Gasteiger partial charge in [-0.05, 0) is 48.2 Å².